The number of nitrogens with one attached hydrogen (secondary N) is 3. The predicted octanol–water partition coefficient (Wildman–Crippen LogP) is 7.80. The van der Waals surface area contributed by atoms with Crippen molar-refractivity contribution < 1.29 is 84.7 Å². The molecule has 0 bridgehead atoms. The average molecular weight is 854 g/mol. The Morgan fingerprint density at radius 1 is 0.590 bits per heavy atom. The molecule has 6 aromatic heterocycles. The van der Waals surface area contributed by atoms with Crippen molar-refractivity contribution in [1.82, 2.24) is 15.0 Å². The van der Waals surface area contributed by atoms with Crippen LogP contribution in [0.25, 0.3) is 33.3 Å². The molecule has 0 saturated carbocycles. The van der Waals surface area contributed by atoms with Crippen molar-refractivity contribution in [2.75, 3.05) is 13.4 Å². The lowest BCUT2D eigenvalue weighted by Crippen LogP contribution is -2.30. The number of hydrogen-bond donors (Lipinski definition) is 3. The number of furan rings is 3. The zero-order valence-corrected chi connectivity index (χ0v) is 33.8. The standard InChI is InChI=1S/C40H43N3O18/c1-19(2)37(60-36(46)29-15-31-25(41-29)9-11-50-31)61-38(47)51-10-7-8-23-13-26-32(58-23)16-28(42-26)34(44)52-18-53-39(48)55-21(5)12-24-14-27-33(59-24)17-30(43-27)35(45)56-22(6)57-40(49)54-20(3)4/h9,11,13-17,19-22,37,41-43H,7-8,10,12,18H2,1-6H3. The summed E-state index contributed by atoms with van der Waals surface area (Å²) in [5.41, 5.74) is 3.02. The normalized spacial score (nSPS) is 12.9. The van der Waals surface area contributed by atoms with Crippen molar-refractivity contribution in [3.8, 4) is 0 Å². The van der Waals surface area contributed by atoms with E-state index in [1.165, 1.54) is 31.4 Å². The maximum Gasteiger partial charge on any atom is 0.511 e. The number of aromatic nitrogens is 3. The first-order valence-corrected chi connectivity index (χ1v) is 19.0. The lowest BCUT2D eigenvalue weighted by Gasteiger charge is -2.20. The summed E-state index contributed by atoms with van der Waals surface area (Å²) in [6, 6.07) is 9.26. The second kappa shape index (κ2) is 19.2. The van der Waals surface area contributed by atoms with Crippen LogP contribution in [0.4, 0.5) is 14.4 Å². The number of aromatic amines is 3. The number of H-pyrrole nitrogens is 3. The van der Waals surface area contributed by atoms with E-state index in [1.54, 1.807) is 52.8 Å². The van der Waals surface area contributed by atoms with E-state index < -0.39 is 68.0 Å². The number of hydrogen-bond acceptors (Lipinski definition) is 18. The highest BCUT2D eigenvalue weighted by atomic mass is 16.8. The number of rotatable bonds is 18. The number of fused-ring (bicyclic) bond motifs is 3. The van der Waals surface area contributed by atoms with Crippen LogP contribution in [0.2, 0.25) is 0 Å². The molecule has 326 valence electrons. The second-order valence-corrected chi connectivity index (χ2v) is 14.2. The number of esters is 3. The van der Waals surface area contributed by atoms with Gasteiger partial charge in [-0.2, -0.15) is 0 Å². The molecule has 6 aromatic rings. The highest BCUT2D eigenvalue weighted by molar-refractivity contribution is 5.94. The van der Waals surface area contributed by atoms with Gasteiger partial charge >= 0.3 is 36.4 Å². The first-order valence-electron chi connectivity index (χ1n) is 19.0. The van der Waals surface area contributed by atoms with E-state index in [4.69, 9.17) is 55.9 Å². The van der Waals surface area contributed by atoms with Gasteiger partial charge in [0.25, 0.3) is 6.29 Å². The van der Waals surface area contributed by atoms with Gasteiger partial charge in [-0.15, -0.1) is 0 Å². The van der Waals surface area contributed by atoms with E-state index in [0.29, 0.717) is 57.7 Å². The quantitative estimate of drug-likeness (QED) is 0.0322. The van der Waals surface area contributed by atoms with Crippen LogP contribution < -0.4 is 0 Å². The van der Waals surface area contributed by atoms with Gasteiger partial charge in [-0.3, -0.25) is 0 Å². The molecular formula is C40H43N3O18. The number of ether oxygens (including phenoxy) is 9. The van der Waals surface area contributed by atoms with Gasteiger partial charge < -0.3 is 70.8 Å². The molecule has 3 N–H and O–H groups in total. The van der Waals surface area contributed by atoms with E-state index in [2.05, 4.69) is 15.0 Å². The van der Waals surface area contributed by atoms with E-state index in [-0.39, 0.29) is 36.0 Å². The van der Waals surface area contributed by atoms with Crippen molar-refractivity contribution in [3.63, 3.8) is 0 Å². The van der Waals surface area contributed by atoms with Gasteiger partial charge in [0.05, 0.1) is 35.5 Å². The zero-order valence-electron chi connectivity index (χ0n) is 33.8. The summed E-state index contributed by atoms with van der Waals surface area (Å²) < 4.78 is 62.4. The molecule has 0 aliphatic heterocycles. The topological polar surface area (TPSA) is 272 Å². The van der Waals surface area contributed by atoms with Crippen molar-refractivity contribution in [3.05, 3.63) is 71.3 Å². The average Bonchev–Trinajstić information content (AvgIpc) is 4.01. The molecule has 0 amide bonds. The van der Waals surface area contributed by atoms with Crippen LogP contribution in [-0.2, 0) is 55.5 Å². The van der Waals surface area contributed by atoms with Gasteiger partial charge in [0, 0.05) is 62.1 Å². The van der Waals surface area contributed by atoms with Crippen molar-refractivity contribution in [2.24, 2.45) is 5.92 Å². The highest BCUT2D eigenvalue weighted by Crippen LogP contribution is 2.24. The first-order chi connectivity index (χ1) is 29.1. The maximum atomic E-state index is 12.6. The van der Waals surface area contributed by atoms with E-state index in [1.807, 2.05) is 0 Å². The fraction of sp³-hybridized carbons (Fsp3) is 0.400. The molecule has 0 aliphatic carbocycles. The Morgan fingerprint density at radius 2 is 1.20 bits per heavy atom. The van der Waals surface area contributed by atoms with Crippen LogP contribution in [0.3, 0.4) is 0 Å². The molecule has 0 spiro atoms. The minimum absolute atomic E-state index is 0.0173. The lowest BCUT2D eigenvalue weighted by molar-refractivity contribution is -0.114. The molecule has 6 heterocycles. The van der Waals surface area contributed by atoms with Gasteiger partial charge in [0.15, 0.2) is 16.7 Å². The van der Waals surface area contributed by atoms with Crippen molar-refractivity contribution in [2.45, 2.75) is 85.6 Å². The van der Waals surface area contributed by atoms with Crippen LogP contribution in [0.1, 0.15) is 90.9 Å². The lowest BCUT2D eigenvalue weighted by atomic mass is 10.2. The minimum atomic E-state index is -1.20. The smallest absolute Gasteiger partial charge is 0.463 e. The molecule has 0 radical (unpaired) electrons. The van der Waals surface area contributed by atoms with Crippen molar-refractivity contribution >= 4 is 69.7 Å². The Kier molecular flexibility index (Phi) is 13.6. The predicted molar refractivity (Wildman–Crippen MR) is 205 cm³/mol. The SMILES string of the molecule is CC(C)OC(=O)OC(C)OC(=O)c1cc2oc(CC(C)OC(=O)OCOC(=O)c3cc4oc(CCCOC(=O)OC(OC(=O)c5cc6occc6[nH]5)C(C)C)cc4[nH]3)cc2[nH]1. The third-order valence-corrected chi connectivity index (χ3v) is 8.40. The third-order valence-electron chi connectivity index (χ3n) is 8.40. The van der Waals surface area contributed by atoms with Crippen LogP contribution in [0, 0.1) is 5.92 Å². The molecule has 0 fully saturated rings. The largest absolute Gasteiger partial charge is 0.511 e. The molecular weight excluding hydrogens is 810 g/mol. The van der Waals surface area contributed by atoms with E-state index >= 15 is 0 Å². The van der Waals surface area contributed by atoms with Gasteiger partial charge in [0.2, 0.25) is 13.1 Å². The molecule has 21 heteroatoms. The minimum Gasteiger partial charge on any atom is -0.463 e. The summed E-state index contributed by atoms with van der Waals surface area (Å²) in [7, 11) is 0. The molecule has 3 atom stereocenters. The van der Waals surface area contributed by atoms with E-state index in [9.17, 15) is 28.8 Å². The fourth-order valence-electron chi connectivity index (χ4n) is 5.67. The summed E-state index contributed by atoms with van der Waals surface area (Å²) in [5.74, 6) is -1.72. The molecule has 0 aliphatic rings. The summed E-state index contributed by atoms with van der Waals surface area (Å²) in [6.45, 7) is 8.93. The van der Waals surface area contributed by atoms with E-state index in [0.717, 1.165) is 0 Å². The van der Waals surface area contributed by atoms with Gasteiger partial charge in [-0.25, -0.2) is 28.8 Å². The highest BCUT2D eigenvalue weighted by Gasteiger charge is 2.26. The Bertz CT molecular complexity index is 2400. The van der Waals surface area contributed by atoms with Crippen LogP contribution in [0.5, 0.6) is 0 Å². The monoisotopic (exact) mass is 853 g/mol. The number of carbonyl (C=O) groups is 6. The molecule has 6 rings (SSSR count). The summed E-state index contributed by atoms with van der Waals surface area (Å²) in [4.78, 5) is 82.3. The Labute approximate surface area is 345 Å². The summed E-state index contributed by atoms with van der Waals surface area (Å²) in [6.07, 6.45) is -4.20. The maximum absolute atomic E-state index is 12.6. The summed E-state index contributed by atoms with van der Waals surface area (Å²) >= 11 is 0. The Morgan fingerprint density at radius 3 is 1.85 bits per heavy atom. The molecule has 3 unspecified atom stereocenters. The Hall–Kier alpha value is -7.32. The third kappa shape index (κ3) is 11.7. The molecule has 21 nitrogen and oxygen atoms in total. The zero-order chi connectivity index (χ0) is 43.8. The van der Waals surface area contributed by atoms with Crippen LogP contribution in [-0.4, -0.2) is 89.5 Å². The van der Waals surface area contributed by atoms with Gasteiger partial charge in [0.1, 0.15) is 34.7 Å². The van der Waals surface area contributed by atoms with Crippen molar-refractivity contribution in [1.29, 1.82) is 0 Å². The number of carbonyl (C=O) groups excluding carboxylic acids is 6. The van der Waals surface area contributed by atoms with Crippen LogP contribution in [0.15, 0.2) is 55.9 Å². The molecule has 0 aromatic carbocycles. The fourth-order valence-corrected chi connectivity index (χ4v) is 5.67. The molecule has 61 heavy (non-hydrogen) atoms. The second-order valence-electron chi connectivity index (χ2n) is 14.2. The molecule has 0 saturated heterocycles. The first kappa shape index (κ1) is 43.3. The Balaban J connectivity index is 0.857. The number of aryl methyl sites for hydroxylation is 1. The van der Waals surface area contributed by atoms with Gasteiger partial charge in [-0.05, 0) is 27.2 Å². The summed E-state index contributed by atoms with van der Waals surface area (Å²) in [5, 5.41) is 0. The van der Waals surface area contributed by atoms with Gasteiger partial charge in [-0.1, -0.05) is 13.8 Å². The van der Waals surface area contributed by atoms with Crippen LogP contribution >= 0.6 is 0 Å².